The third-order valence-electron chi connectivity index (χ3n) is 2.76. The molecule has 0 saturated heterocycles. The van der Waals surface area contributed by atoms with Crippen molar-refractivity contribution in [3.05, 3.63) is 40.9 Å². The number of aromatic nitrogens is 1. The number of nitrogens with zero attached hydrogens (tertiary/aromatic N) is 2. The first-order chi connectivity index (χ1) is 9.86. The highest BCUT2D eigenvalue weighted by Crippen LogP contribution is 2.27. The van der Waals surface area contributed by atoms with Gasteiger partial charge in [0.05, 0.1) is 0 Å². The van der Waals surface area contributed by atoms with Gasteiger partial charge >= 0.3 is 5.97 Å². The number of hydrogen-bond donors (Lipinski definition) is 1. The minimum absolute atomic E-state index is 0.100. The lowest BCUT2D eigenvalue weighted by Gasteiger charge is -2.21. The summed E-state index contributed by atoms with van der Waals surface area (Å²) in [4.78, 5) is 15.7. The summed E-state index contributed by atoms with van der Waals surface area (Å²) in [6.07, 6.45) is 0. The molecule has 0 radical (unpaired) electrons. The van der Waals surface area contributed by atoms with Crippen LogP contribution in [0.15, 0.2) is 34.5 Å². The van der Waals surface area contributed by atoms with Crippen molar-refractivity contribution in [1.82, 2.24) is 4.98 Å². The first-order valence-electron chi connectivity index (χ1n) is 6.15. The highest BCUT2D eigenvalue weighted by atomic mass is 32.2. The zero-order chi connectivity index (χ0) is 15.6. The van der Waals surface area contributed by atoms with E-state index in [9.17, 15) is 13.2 Å². The summed E-state index contributed by atoms with van der Waals surface area (Å²) < 4.78 is 26.5. The predicted octanol–water partition coefficient (Wildman–Crippen LogP) is 2.36. The van der Waals surface area contributed by atoms with Crippen LogP contribution >= 0.6 is 11.3 Å². The Morgan fingerprint density at radius 3 is 2.57 bits per heavy atom. The maximum absolute atomic E-state index is 12.6. The molecule has 0 aliphatic carbocycles. The second-order valence-corrected chi connectivity index (χ2v) is 7.60. The molecule has 2 aromatic heterocycles. The number of thiophene rings is 1. The summed E-state index contributed by atoms with van der Waals surface area (Å²) in [5.41, 5.74) is -0.191. The largest absolute Gasteiger partial charge is 0.477 e. The van der Waals surface area contributed by atoms with E-state index in [1.54, 1.807) is 19.1 Å². The van der Waals surface area contributed by atoms with Crippen LogP contribution in [0.5, 0.6) is 0 Å². The Kier molecular flexibility index (Phi) is 4.29. The van der Waals surface area contributed by atoms with Crippen LogP contribution < -0.4 is 4.31 Å². The van der Waals surface area contributed by atoms with Crippen LogP contribution in [0.2, 0.25) is 0 Å². The molecule has 0 bridgehead atoms. The number of carboxylic acid groups (broad SMARTS) is 1. The topological polar surface area (TPSA) is 87.6 Å². The van der Waals surface area contributed by atoms with Crippen molar-refractivity contribution in [2.45, 2.75) is 18.1 Å². The lowest BCUT2D eigenvalue weighted by atomic mass is 10.3. The van der Waals surface area contributed by atoms with E-state index in [4.69, 9.17) is 5.11 Å². The minimum atomic E-state index is -3.73. The Morgan fingerprint density at radius 1 is 1.33 bits per heavy atom. The highest BCUT2D eigenvalue weighted by Gasteiger charge is 2.26. The van der Waals surface area contributed by atoms with Gasteiger partial charge in [0.25, 0.3) is 10.0 Å². The average Bonchev–Trinajstić information content (AvgIpc) is 2.87. The van der Waals surface area contributed by atoms with Crippen molar-refractivity contribution in [3.8, 4) is 0 Å². The summed E-state index contributed by atoms with van der Waals surface area (Å²) in [5.74, 6) is -1.10. The first-order valence-corrected chi connectivity index (χ1v) is 8.41. The van der Waals surface area contributed by atoms with Gasteiger partial charge in [0, 0.05) is 11.4 Å². The van der Waals surface area contributed by atoms with Gasteiger partial charge in [-0.2, -0.15) is 0 Å². The van der Waals surface area contributed by atoms with Crippen molar-refractivity contribution in [2.24, 2.45) is 0 Å². The Labute approximate surface area is 126 Å². The van der Waals surface area contributed by atoms with Crippen LogP contribution in [0, 0.1) is 6.92 Å². The van der Waals surface area contributed by atoms with Gasteiger partial charge in [-0.25, -0.2) is 22.5 Å². The number of rotatable bonds is 5. The van der Waals surface area contributed by atoms with Crippen molar-refractivity contribution < 1.29 is 18.3 Å². The van der Waals surface area contributed by atoms with E-state index in [2.05, 4.69) is 4.98 Å². The summed E-state index contributed by atoms with van der Waals surface area (Å²) in [6.45, 7) is 3.66. The van der Waals surface area contributed by atoms with Gasteiger partial charge in [0.1, 0.15) is 10.0 Å². The van der Waals surface area contributed by atoms with Crippen LogP contribution in [0.1, 0.15) is 22.3 Å². The van der Waals surface area contributed by atoms with E-state index in [0.717, 1.165) is 9.18 Å². The molecular weight excluding hydrogens is 312 g/mol. The molecule has 6 nitrogen and oxygen atoms in total. The Hall–Kier alpha value is -1.93. The molecule has 0 aliphatic rings. The fraction of sp³-hybridized carbons (Fsp3) is 0.231. The number of pyridine rings is 1. The molecule has 0 saturated carbocycles. The van der Waals surface area contributed by atoms with Crippen LogP contribution in [0.25, 0.3) is 0 Å². The predicted molar refractivity (Wildman–Crippen MR) is 80.5 cm³/mol. The molecule has 21 heavy (non-hydrogen) atoms. The molecule has 2 aromatic rings. The zero-order valence-corrected chi connectivity index (χ0v) is 13.1. The summed E-state index contributed by atoms with van der Waals surface area (Å²) >= 11 is 1.17. The van der Waals surface area contributed by atoms with Gasteiger partial charge in [0.2, 0.25) is 0 Å². The molecule has 1 N–H and O–H groups in total. The maximum Gasteiger partial charge on any atom is 0.354 e. The third kappa shape index (κ3) is 3.06. The summed E-state index contributed by atoms with van der Waals surface area (Å²) in [5, 5.41) is 8.96. The number of aryl methyl sites for hydroxylation is 1. The van der Waals surface area contributed by atoms with Crippen LogP contribution in [-0.4, -0.2) is 31.0 Å². The monoisotopic (exact) mass is 326 g/mol. The SMILES string of the molecule is CCN(c1cccc(C(=O)O)n1)S(=O)(=O)c1ccc(C)s1. The Bertz CT molecular complexity index is 768. The maximum atomic E-state index is 12.6. The molecule has 0 aromatic carbocycles. The van der Waals surface area contributed by atoms with Crippen molar-refractivity contribution in [1.29, 1.82) is 0 Å². The van der Waals surface area contributed by atoms with Crippen molar-refractivity contribution >= 4 is 33.1 Å². The number of carboxylic acids is 1. The van der Waals surface area contributed by atoms with Crippen LogP contribution in [-0.2, 0) is 10.0 Å². The van der Waals surface area contributed by atoms with Gasteiger partial charge in [-0.05, 0) is 38.1 Å². The van der Waals surface area contributed by atoms with E-state index in [1.807, 2.05) is 6.92 Å². The molecule has 112 valence electrons. The minimum Gasteiger partial charge on any atom is -0.477 e. The second-order valence-electron chi connectivity index (χ2n) is 4.22. The third-order valence-corrected chi connectivity index (χ3v) is 6.10. The summed E-state index contributed by atoms with van der Waals surface area (Å²) in [7, 11) is -3.73. The van der Waals surface area contributed by atoms with Gasteiger partial charge in [-0.3, -0.25) is 0 Å². The van der Waals surface area contributed by atoms with E-state index in [-0.39, 0.29) is 22.3 Å². The van der Waals surface area contributed by atoms with E-state index in [1.165, 1.54) is 29.5 Å². The number of aromatic carboxylic acids is 1. The van der Waals surface area contributed by atoms with Gasteiger partial charge in [-0.1, -0.05) is 6.07 Å². The van der Waals surface area contributed by atoms with E-state index >= 15 is 0 Å². The molecule has 0 amide bonds. The molecular formula is C13H14N2O4S2. The first kappa shape index (κ1) is 15.5. The van der Waals surface area contributed by atoms with Crippen LogP contribution in [0.3, 0.4) is 0 Å². The highest BCUT2D eigenvalue weighted by molar-refractivity contribution is 7.94. The standard InChI is InChI=1S/C13H14N2O4S2/c1-3-15(11-6-4-5-10(14-11)13(16)17)21(18,19)12-8-7-9(2)20-12/h4-8H,3H2,1-2H3,(H,16,17). The lowest BCUT2D eigenvalue weighted by molar-refractivity contribution is 0.0690. The lowest BCUT2D eigenvalue weighted by Crippen LogP contribution is -2.31. The second kappa shape index (κ2) is 5.82. The Morgan fingerprint density at radius 2 is 2.05 bits per heavy atom. The normalized spacial score (nSPS) is 11.3. The molecule has 0 spiro atoms. The fourth-order valence-electron chi connectivity index (χ4n) is 1.80. The van der Waals surface area contributed by atoms with E-state index < -0.39 is 16.0 Å². The number of anilines is 1. The summed E-state index contributed by atoms with van der Waals surface area (Å²) in [6, 6.07) is 7.55. The Balaban J connectivity index is 2.49. The van der Waals surface area contributed by atoms with Gasteiger partial charge in [0.15, 0.2) is 5.69 Å². The quantitative estimate of drug-likeness (QED) is 0.911. The molecule has 8 heteroatoms. The number of carbonyl (C=O) groups is 1. The van der Waals surface area contributed by atoms with Crippen molar-refractivity contribution in [3.63, 3.8) is 0 Å². The average molecular weight is 326 g/mol. The van der Waals surface area contributed by atoms with Crippen molar-refractivity contribution in [2.75, 3.05) is 10.8 Å². The fourth-order valence-corrected chi connectivity index (χ4v) is 4.62. The molecule has 2 rings (SSSR count). The van der Waals surface area contributed by atoms with Crippen LogP contribution in [0.4, 0.5) is 5.82 Å². The molecule has 0 atom stereocenters. The molecule has 0 aliphatic heterocycles. The molecule has 0 unspecified atom stereocenters. The molecule has 0 fully saturated rings. The number of hydrogen-bond acceptors (Lipinski definition) is 5. The zero-order valence-electron chi connectivity index (χ0n) is 11.5. The number of sulfonamides is 1. The smallest absolute Gasteiger partial charge is 0.354 e. The van der Waals surface area contributed by atoms with E-state index in [0.29, 0.717) is 0 Å². The van der Waals surface area contributed by atoms with Gasteiger partial charge in [-0.15, -0.1) is 11.3 Å². The molecule has 2 heterocycles. The van der Waals surface area contributed by atoms with Gasteiger partial charge < -0.3 is 5.11 Å².